The molecule has 2 N–H and O–H groups in total. The van der Waals surface area contributed by atoms with Gasteiger partial charge in [-0.1, -0.05) is 17.7 Å². The third-order valence-electron chi connectivity index (χ3n) is 3.33. The van der Waals surface area contributed by atoms with Crippen molar-refractivity contribution in [2.75, 3.05) is 11.4 Å². The molecule has 3 rings (SSSR count). The number of nitrogens with two attached hydrogens (primary N) is 1. The summed E-state index contributed by atoms with van der Waals surface area (Å²) in [5.74, 6) is 1.08. The van der Waals surface area contributed by atoms with E-state index in [1.54, 1.807) is 0 Å². The maximum absolute atomic E-state index is 6.32. The molecular weight excluding hydrogens is 248 g/mol. The molecule has 0 saturated carbocycles. The Morgan fingerprint density at radius 2 is 2.22 bits per heavy atom. The number of benzene rings is 1. The van der Waals surface area contributed by atoms with E-state index >= 15 is 0 Å². The molecule has 94 valence electrons. The molecule has 1 aromatic heterocycles. The summed E-state index contributed by atoms with van der Waals surface area (Å²) in [7, 11) is 0. The first-order valence-electron chi connectivity index (χ1n) is 6.01. The van der Waals surface area contributed by atoms with Gasteiger partial charge in [-0.15, -0.1) is 0 Å². The van der Waals surface area contributed by atoms with Gasteiger partial charge >= 0.3 is 0 Å². The second kappa shape index (κ2) is 4.63. The van der Waals surface area contributed by atoms with Gasteiger partial charge < -0.3 is 15.2 Å². The first kappa shape index (κ1) is 11.6. The molecule has 1 aliphatic rings. The van der Waals surface area contributed by atoms with Crippen LogP contribution in [0.1, 0.15) is 11.4 Å². The zero-order valence-electron chi connectivity index (χ0n) is 10.0. The molecule has 0 unspecified atom stereocenters. The minimum Gasteiger partial charge on any atom is -0.361 e. The normalized spacial score (nSPS) is 14.7. The van der Waals surface area contributed by atoms with Crippen LogP contribution >= 0.6 is 11.6 Å². The van der Waals surface area contributed by atoms with Crippen molar-refractivity contribution in [2.45, 2.75) is 19.6 Å². The molecule has 0 saturated heterocycles. The van der Waals surface area contributed by atoms with Crippen LogP contribution in [0.15, 0.2) is 30.6 Å². The number of hydrogen-bond acceptors (Lipinski definition) is 3. The Morgan fingerprint density at radius 1 is 1.33 bits per heavy atom. The number of hydrogen-bond donors (Lipinski definition) is 1. The highest BCUT2D eigenvalue weighted by Gasteiger charge is 2.18. The third kappa shape index (κ3) is 1.98. The van der Waals surface area contributed by atoms with E-state index in [1.807, 2.05) is 30.6 Å². The van der Waals surface area contributed by atoms with E-state index in [0.29, 0.717) is 6.54 Å². The highest BCUT2D eigenvalue weighted by Crippen LogP contribution is 2.29. The van der Waals surface area contributed by atoms with Crippen molar-refractivity contribution in [3.05, 3.63) is 47.0 Å². The fraction of sp³-hybridized carbons (Fsp3) is 0.308. The first-order valence-corrected chi connectivity index (χ1v) is 6.39. The number of fused-ring (bicyclic) bond motifs is 1. The average molecular weight is 263 g/mol. The quantitative estimate of drug-likeness (QED) is 0.901. The Labute approximate surface area is 111 Å². The van der Waals surface area contributed by atoms with E-state index in [4.69, 9.17) is 17.3 Å². The van der Waals surface area contributed by atoms with Crippen LogP contribution in [-0.4, -0.2) is 16.1 Å². The second-order valence-electron chi connectivity index (χ2n) is 4.45. The Hall–Kier alpha value is -1.52. The number of anilines is 1. The summed E-state index contributed by atoms with van der Waals surface area (Å²) in [6.07, 6.45) is 3.86. The molecule has 2 aromatic rings. The predicted molar refractivity (Wildman–Crippen MR) is 72.6 cm³/mol. The molecule has 0 spiro atoms. The lowest BCUT2D eigenvalue weighted by molar-refractivity contribution is 0.560. The van der Waals surface area contributed by atoms with Gasteiger partial charge in [0.15, 0.2) is 0 Å². The second-order valence-corrected chi connectivity index (χ2v) is 4.86. The van der Waals surface area contributed by atoms with E-state index in [1.165, 1.54) is 0 Å². The lowest BCUT2D eigenvalue weighted by Gasteiger charge is -2.30. The Balaban J connectivity index is 1.88. The summed E-state index contributed by atoms with van der Waals surface area (Å²) < 4.78 is 2.18. The fourth-order valence-electron chi connectivity index (χ4n) is 2.31. The van der Waals surface area contributed by atoms with Gasteiger partial charge in [0.05, 0.1) is 17.3 Å². The van der Waals surface area contributed by atoms with Crippen molar-refractivity contribution in [1.82, 2.24) is 9.55 Å². The molecule has 0 radical (unpaired) electrons. The number of nitrogens with zero attached hydrogens (tertiary/aromatic N) is 3. The van der Waals surface area contributed by atoms with Crippen molar-refractivity contribution in [2.24, 2.45) is 5.73 Å². The van der Waals surface area contributed by atoms with Crippen LogP contribution in [0.2, 0.25) is 5.02 Å². The molecule has 0 amide bonds. The first-order chi connectivity index (χ1) is 8.78. The summed E-state index contributed by atoms with van der Waals surface area (Å²) in [5.41, 5.74) is 7.73. The number of aromatic nitrogens is 2. The van der Waals surface area contributed by atoms with E-state index in [-0.39, 0.29) is 0 Å². The van der Waals surface area contributed by atoms with Crippen molar-refractivity contribution in [1.29, 1.82) is 0 Å². The summed E-state index contributed by atoms with van der Waals surface area (Å²) in [4.78, 5) is 6.61. The summed E-state index contributed by atoms with van der Waals surface area (Å²) >= 11 is 6.32. The van der Waals surface area contributed by atoms with Gasteiger partial charge in [-0.25, -0.2) is 4.98 Å². The zero-order valence-corrected chi connectivity index (χ0v) is 10.8. The van der Waals surface area contributed by atoms with Crippen LogP contribution in [-0.2, 0) is 19.6 Å². The maximum Gasteiger partial charge on any atom is 0.128 e. The molecular formula is C13H15ClN4. The maximum atomic E-state index is 6.32. The SMILES string of the molecule is NCc1ccc(N2CCn3ccnc3C2)c(Cl)c1. The van der Waals surface area contributed by atoms with Crippen molar-refractivity contribution in [3.63, 3.8) is 0 Å². The molecule has 0 fully saturated rings. The zero-order chi connectivity index (χ0) is 12.5. The molecule has 0 bridgehead atoms. The van der Waals surface area contributed by atoms with E-state index in [9.17, 15) is 0 Å². The Kier molecular flexibility index (Phi) is 2.97. The van der Waals surface area contributed by atoms with Gasteiger partial charge in [0.25, 0.3) is 0 Å². The Morgan fingerprint density at radius 3 is 3.00 bits per heavy atom. The summed E-state index contributed by atoms with van der Waals surface area (Å²) in [6.45, 7) is 3.22. The number of imidazole rings is 1. The van der Waals surface area contributed by atoms with Crippen LogP contribution in [0, 0.1) is 0 Å². The minimum atomic E-state index is 0.518. The lowest BCUT2D eigenvalue weighted by Crippen LogP contribution is -2.33. The highest BCUT2D eigenvalue weighted by molar-refractivity contribution is 6.33. The lowest BCUT2D eigenvalue weighted by atomic mass is 10.2. The van der Waals surface area contributed by atoms with E-state index in [2.05, 4.69) is 14.5 Å². The molecule has 2 heterocycles. The number of rotatable bonds is 2. The molecule has 4 nitrogen and oxygen atoms in total. The minimum absolute atomic E-state index is 0.518. The average Bonchev–Trinajstić information content (AvgIpc) is 2.85. The Bertz CT molecular complexity index is 564. The van der Waals surface area contributed by atoms with Gasteiger partial charge in [0, 0.05) is 32.0 Å². The molecule has 0 atom stereocenters. The van der Waals surface area contributed by atoms with Crippen LogP contribution < -0.4 is 10.6 Å². The number of halogens is 1. The molecule has 5 heteroatoms. The fourth-order valence-corrected chi connectivity index (χ4v) is 2.64. The van der Waals surface area contributed by atoms with Gasteiger partial charge in [-0.05, 0) is 17.7 Å². The molecule has 1 aliphatic heterocycles. The highest BCUT2D eigenvalue weighted by atomic mass is 35.5. The monoisotopic (exact) mass is 262 g/mol. The summed E-state index contributed by atoms with van der Waals surface area (Å²) in [5, 5.41) is 0.762. The van der Waals surface area contributed by atoms with Crippen LogP contribution in [0.3, 0.4) is 0 Å². The molecule has 0 aliphatic carbocycles. The standard InChI is InChI=1S/C13H15ClN4/c14-11-7-10(8-15)1-2-12(11)18-6-5-17-4-3-16-13(17)9-18/h1-4,7H,5-6,8-9,15H2. The topological polar surface area (TPSA) is 47.1 Å². The predicted octanol–water partition coefficient (Wildman–Crippen LogP) is 2.02. The van der Waals surface area contributed by atoms with E-state index in [0.717, 1.165) is 41.7 Å². The third-order valence-corrected chi connectivity index (χ3v) is 3.64. The largest absolute Gasteiger partial charge is 0.361 e. The van der Waals surface area contributed by atoms with Crippen molar-refractivity contribution < 1.29 is 0 Å². The summed E-state index contributed by atoms with van der Waals surface area (Å²) in [6, 6.07) is 6.02. The van der Waals surface area contributed by atoms with Gasteiger partial charge in [-0.3, -0.25) is 0 Å². The van der Waals surface area contributed by atoms with Gasteiger partial charge in [-0.2, -0.15) is 0 Å². The van der Waals surface area contributed by atoms with Gasteiger partial charge in [0.2, 0.25) is 0 Å². The van der Waals surface area contributed by atoms with Crippen molar-refractivity contribution in [3.8, 4) is 0 Å². The van der Waals surface area contributed by atoms with Crippen LogP contribution in [0.4, 0.5) is 5.69 Å². The van der Waals surface area contributed by atoms with Crippen molar-refractivity contribution >= 4 is 17.3 Å². The van der Waals surface area contributed by atoms with Crippen LogP contribution in [0.5, 0.6) is 0 Å². The smallest absolute Gasteiger partial charge is 0.128 e. The molecule has 1 aromatic carbocycles. The molecule has 18 heavy (non-hydrogen) atoms. The van der Waals surface area contributed by atoms with Gasteiger partial charge in [0.1, 0.15) is 5.82 Å². The van der Waals surface area contributed by atoms with E-state index < -0.39 is 0 Å². The van der Waals surface area contributed by atoms with Crippen LogP contribution in [0.25, 0.3) is 0 Å².